The first kappa shape index (κ1) is 23.7. The van der Waals surface area contributed by atoms with Crippen molar-refractivity contribution in [1.29, 1.82) is 0 Å². The molecule has 1 aromatic heterocycles. The Labute approximate surface area is 190 Å². The van der Waals surface area contributed by atoms with Gasteiger partial charge >= 0.3 is 0 Å². The molecule has 6 nitrogen and oxygen atoms in total. The number of ether oxygens (including phenoxy) is 1. The summed E-state index contributed by atoms with van der Waals surface area (Å²) in [6, 6.07) is 11.8. The number of benzene rings is 2. The normalized spacial score (nSPS) is 13.1. The third-order valence-electron chi connectivity index (χ3n) is 4.74. The molecule has 2 atom stereocenters. The summed E-state index contributed by atoms with van der Waals surface area (Å²) in [5.41, 5.74) is 0.142. The van der Waals surface area contributed by atoms with E-state index in [1.165, 1.54) is 36.0 Å². The molecule has 170 valence electrons. The number of aromatic nitrogens is 3. The predicted octanol–water partition coefficient (Wildman–Crippen LogP) is 5.79. The van der Waals surface area contributed by atoms with Crippen molar-refractivity contribution in [2.75, 3.05) is 5.32 Å². The highest BCUT2D eigenvalue weighted by molar-refractivity contribution is 8.00. The topological polar surface area (TPSA) is 69.0 Å². The van der Waals surface area contributed by atoms with E-state index in [4.69, 9.17) is 4.74 Å². The van der Waals surface area contributed by atoms with Gasteiger partial charge in [0.1, 0.15) is 17.4 Å². The van der Waals surface area contributed by atoms with Crippen LogP contribution in [0, 0.1) is 11.6 Å². The molecule has 0 radical (unpaired) electrons. The van der Waals surface area contributed by atoms with Crippen LogP contribution in [0.1, 0.15) is 52.1 Å². The van der Waals surface area contributed by atoms with E-state index in [-0.39, 0.29) is 23.5 Å². The Kier molecular flexibility index (Phi) is 7.84. The molecular weight excluding hydrogens is 434 g/mol. The molecule has 0 aliphatic carbocycles. The smallest absolute Gasteiger partial charge is 0.238 e. The lowest BCUT2D eigenvalue weighted by Gasteiger charge is -2.20. The van der Waals surface area contributed by atoms with E-state index in [0.717, 1.165) is 0 Å². The van der Waals surface area contributed by atoms with Gasteiger partial charge in [-0.2, -0.15) is 0 Å². The molecule has 0 bridgehead atoms. The molecule has 1 amide bonds. The van der Waals surface area contributed by atoms with Gasteiger partial charge in [-0.3, -0.25) is 4.79 Å². The van der Waals surface area contributed by atoms with Gasteiger partial charge in [0.2, 0.25) is 5.91 Å². The molecule has 0 spiro atoms. The standard InChI is InChI=1S/C23H26F2N4O2S/c1-5-20(22(30)26-19-9-7-6-8-18(19)25)32-23-28-27-21(29(23)14(2)3)15(4)31-17-12-10-16(24)11-13-17/h6-15,20H,5H2,1-4H3,(H,26,30). The van der Waals surface area contributed by atoms with E-state index in [1.807, 2.05) is 32.3 Å². The number of thioether (sulfide) groups is 1. The molecule has 0 saturated carbocycles. The zero-order valence-electron chi connectivity index (χ0n) is 18.4. The van der Waals surface area contributed by atoms with Gasteiger partial charge in [0.25, 0.3) is 0 Å². The van der Waals surface area contributed by atoms with Gasteiger partial charge < -0.3 is 14.6 Å². The fourth-order valence-electron chi connectivity index (χ4n) is 3.13. The number of hydrogen-bond acceptors (Lipinski definition) is 5. The van der Waals surface area contributed by atoms with Gasteiger partial charge in [0.05, 0.1) is 10.9 Å². The van der Waals surface area contributed by atoms with Crippen molar-refractivity contribution in [2.45, 2.75) is 56.7 Å². The Morgan fingerprint density at radius 1 is 1.09 bits per heavy atom. The number of carbonyl (C=O) groups is 1. The number of halogens is 2. The van der Waals surface area contributed by atoms with Crippen molar-refractivity contribution in [3.05, 3.63) is 66.0 Å². The molecule has 1 N–H and O–H groups in total. The van der Waals surface area contributed by atoms with E-state index in [0.29, 0.717) is 23.2 Å². The molecule has 2 aromatic carbocycles. The molecule has 0 saturated heterocycles. The van der Waals surface area contributed by atoms with Crippen molar-refractivity contribution in [3.63, 3.8) is 0 Å². The maximum absolute atomic E-state index is 13.9. The number of carbonyl (C=O) groups excluding carboxylic acids is 1. The van der Waals surface area contributed by atoms with E-state index in [9.17, 15) is 13.6 Å². The zero-order valence-corrected chi connectivity index (χ0v) is 19.2. The SMILES string of the molecule is CCC(Sc1nnc(C(C)Oc2ccc(F)cc2)n1C(C)C)C(=O)Nc1ccccc1F. The third-order valence-corrected chi connectivity index (χ3v) is 6.06. The number of nitrogens with one attached hydrogen (secondary N) is 1. The van der Waals surface area contributed by atoms with Crippen LogP contribution in [0.3, 0.4) is 0 Å². The molecule has 0 fully saturated rings. The molecule has 9 heteroatoms. The van der Waals surface area contributed by atoms with Crippen molar-refractivity contribution in [1.82, 2.24) is 14.8 Å². The quantitative estimate of drug-likeness (QED) is 0.410. The van der Waals surface area contributed by atoms with E-state index in [1.54, 1.807) is 24.3 Å². The first-order chi connectivity index (χ1) is 15.3. The summed E-state index contributed by atoms with van der Waals surface area (Å²) < 4.78 is 34.9. The highest BCUT2D eigenvalue weighted by atomic mass is 32.2. The van der Waals surface area contributed by atoms with Gasteiger partial charge in [-0.1, -0.05) is 30.8 Å². The van der Waals surface area contributed by atoms with E-state index < -0.39 is 17.2 Å². The fraction of sp³-hybridized carbons (Fsp3) is 0.348. The van der Waals surface area contributed by atoms with Gasteiger partial charge in [-0.15, -0.1) is 10.2 Å². The van der Waals surface area contributed by atoms with Crippen LogP contribution in [0.25, 0.3) is 0 Å². The lowest BCUT2D eigenvalue weighted by molar-refractivity contribution is -0.115. The Hall–Kier alpha value is -2.94. The average Bonchev–Trinajstić information content (AvgIpc) is 3.19. The van der Waals surface area contributed by atoms with Crippen LogP contribution in [-0.2, 0) is 4.79 Å². The third kappa shape index (κ3) is 5.64. The van der Waals surface area contributed by atoms with Crippen LogP contribution < -0.4 is 10.1 Å². The zero-order chi connectivity index (χ0) is 23.3. The van der Waals surface area contributed by atoms with Crippen molar-refractivity contribution in [3.8, 4) is 5.75 Å². The monoisotopic (exact) mass is 460 g/mol. The van der Waals surface area contributed by atoms with Crippen LogP contribution in [0.4, 0.5) is 14.5 Å². The molecule has 3 rings (SSSR count). The molecule has 1 heterocycles. The minimum Gasteiger partial charge on any atom is -0.483 e. The summed E-state index contributed by atoms with van der Waals surface area (Å²) in [5.74, 6) is -0.0234. The van der Waals surface area contributed by atoms with Crippen LogP contribution in [0.2, 0.25) is 0 Å². The van der Waals surface area contributed by atoms with Gasteiger partial charge in [-0.25, -0.2) is 8.78 Å². The number of nitrogens with zero attached hydrogens (tertiary/aromatic N) is 3. The molecule has 32 heavy (non-hydrogen) atoms. The fourth-order valence-corrected chi connectivity index (χ4v) is 4.22. The summed E-state index contributed by atoms with van der Waals surface area (Å²) in [7, 11) is 0. The summed E-state index contributed by atoms with van der Waals surface area (Å²) in [6.45, 7) is 7.70. The number of anilines is 1. The second-order valence-electron chi connectivity index (χ2n) is 7.50. The second kappa shape index (κ2) is 10.6. The summed E-state index contributed by atoms with van der Waals surface area (Å²) >= 11 is 1.27. The average molecular weight is 461 g/mol. The van der Waals surface area contributed by atoms with Gasteiger partial charge in [0, 0.05) is 6.04 Å². The predicted molar refractivity (Wildman–Crippen MR) is 121 cm³/mol. The van der Waals surface area contributed by atoms with Crippen LogP contribution in [0.5, 0.6) is 5.75 Å². The number of hydrogen-bond donors (Lipinski definition) is 1. The minimum absolute atomic E-state index is 0.00824. The highest BCUT2D eigenvalue weighted by Gasteiger charge is 2.26. The van der Waals surface area contributed by atoms with Crippen molar-refractivity contribution >= 4 is 23.4 Å². The summed E-state index contributed by atoms with van der Waals surface area (Å²) in [4.78, 5) is 12.8. The maximum atomic E-state index is 13.9. The summed E-state index contributed by atoms with van der Waals surface area (Å²) in [6.07, 6.45) is 0.0735. The Bertz CT molecular complexity index is 1060. The molecule has 0 aliphatic heterocycles. The minimum atomic E-state index is -0.488. The molecule has 2 unspecified atom stereocenters. The number of para-hydroxylation sites is 1. The summed E-state index contributed by atoms with van der Waals surface area (Å²) in [5, 5.41) is 11.3. The van der Waals surface area contributed by atoms with Gasteiger partial charge in [0.15, 0.2) is 17.1 Å². The Balaban J connectivity index is 1.78. The maximum Gasteiger partial charge on any atom is 0.238 e. The number of amides is 1. The number of rotatable bonds is 9. The Morgan fingerprint density at radius 2 is 1.78 bits per heavy atom. The lowest BCUT2D eigenvalue weighted by atomic mass is 10.2. The first-order valence-electron chi connectivity index (χ1n) is 10.4. The lowest BCUT2D eigenvalue weighted by Crippen LogP contribution is -2.25. The van der Waals surface area contributed by atoms with Crippen molar-refractivity contribution < 1.29 is 18.3 Å². The molecular formula is C23H26F2N4O2S. The Morgan fingerprint density at radius 3 is 2.41 bits per heavy atom. The highest BCUT2D eigenvalue weighted by Crippen LogP contribution is 2.31. The van der Waals surface area contributed by atoms with E-state index >= 15 is 0 Å². The van der Waals surface area contributed by atoms with Gasteiger partial charge in [-0.05, 0) is 63.6 Å². The largest absolute Gasteiger partial charge is 0.483 e. The molecule has 0 aliphatic rings. The van der Waals surface area contributed by atoms with Crippen molar-refractivity contribution in [2.24, 2.45) is 0 Å². The first-order valence-corrected chi connectivity index (χ1v) is 11.3. The van der Waals surface area contributed by atoms with E-state index in [2.05, 4.69) is 15.5 Å². The second-order valence-corrected chi connectivity index (χ2v) is 8.67. The van der Waals surface area contributed by atoms with Crippen LogP contribution >= 0.6 is 11.8 Å². The molecule has 3 aromatic rings. The van der Waals surface area contributed by atoms with Crippen LogP contribution in [0.15, 0.2) is 53.7 Å². The van der Waals surface area contributed by atoms with Crippen LogP contribution in [-0.4, -0.2) is 25.9 Å².